The fraction of sp³-hybridized carbons (Fsp3) is 0.526. The van der Waals surface area contributed by atoms with Crippen LogP contribution in [0.4, 0.5) is 5.95 Å². The van der Waals surface area contributed by atoms with Gasteiger partial charge in [-0.1, -0.05) is 12.1 Å². The van der Waals surface area contributed by atoms with Gasteiger partial charge in [0.25, 0.3) is 0 Å². The van der Waals surface area contributed by atoms with Gasteiger partial charge in [0.2, 0.25) is 11.9 Å². The zero-order valence-electron chi connectivity index (χ0n) is 15.3. The number of likely N-dealkylation sites (tertiary alicyclic amines) is 1. The van der Waals surface area contributed by atoms with Gasteiger partial charge in [-0.25, -0.2) is 0 Å². The predicted octanol–water partition coefficient (Wildman–Crippen LogP) is 2.20. The molecule has 0 bridgehead atoms. The first kappa shape index (κ1) is 18.2. The maximum absolute atomic E-state index is 12.5. The lowest BCUT2D eigenvalue weighted by molar-refractivity contribution is -0.133. The molecule has 140 valence electrons. The van der Waals surface area contributed by atoms with E-state index in [0.717, 1.165) is 38.1 Å². The van der Waals surface area contributed by atoms with Gasteiger partial charge in [-0.05, 0) is 49.3 Å². The maximum atomic E-state index is 12.5. The number of nitrogens with two attached hydrogens (primary N) is 1. The van der Waals surface area contributed by atoms with Crippen LogP contribution in [0.25, 0.3) is 0 Å². The highest BCUT2D eigenvalue weighted by atomic mass is 16.5. The van der Waals surface area contributed by atoms with Crippen LogP contribution in [0.15, 0.2) is 24.3 Å². The molecule has 1 atom stereocenters. The number of carbonyl (C=O) groups excluding carboxylic acids is 1. The smallest absolute Gasteiger partial charge is 0.239 e. The molecule has 0 radical (unpaired) electrons. The molecule has 0 spiro atoms. The zero-order valence-corrected chi connectivity index (χ0v) is 15.3. The van der Waals surface area contributed by atoms with Crippen molar-refractivity contribution in [2.45, 2.75) is 38.5 Å². The third-order valence-corrected chi connectivity index (χ3v) is 4.97. The quantitative estimate of drug-likeness (QED) is 0.792. The summed E-state index contributed by atoms with van der Waals surface area (Å²) in [6, 6.07) is 8.22. The summed E-state index contributed by atoms with van der Waals surface area (Å²) in [6.07, 6.45) is 5.36. The first-order chi connectivity index (χ1) is 12.6. The molecule has 1 aliphatic heterocycles. The fourth-order valence-electron chi connectivity index (χ4n) is 3.53. The van der Waals surface area contributed by atoms with E-state index in [1.807, 2.05) is 17.0 Å². The van der Waals surface area contributed by atoms with Crippen molar-refractivity contribution in [2.75, 3.05) is 25.9 Å². The molecule has 2 heterocycles. The summed E-state index contributed by atoms with van der Waals surface area (Å²) in [6.45, 7) is 1.70. The second kappa shape index (κ2) is 8.69. The first-order valence-corrected chi connectivity index (χ1v) is 9.21. The van der Waals surface area contributed by atoms with Crippen molar-refractivity contribution in [2.24, 2.45) is 5.92 Å². The SMILES string of the molecule is COc1cccc(CC[C@@H]2CCCN(C(=O)CCc3nc(N)n[nH]3)C2)c1. The number of hydrogen-bond acceptors (Lipinski definition) is 5. The molecule has 1 aliphatic rings. The summed E-state index contributed by atoms with van der Waals surface area (Å²) in [5.41, 5.74) is 6.78. The Hall–Kier alpha value is -2.57. The Morgan fingerprint density at radius 2 is 2.31 bits per heavy atom. The van der Waals surface area contributed by atoms with E-state index in [-0.39, 0.29) is 11.9 Å². The van der Waals surface area contributed by atoms with E-state index in [2.05, 4.69) is 27.3 Å². The number of ether oxygens (including phenoxy) is 1. The van der Waals surface area contributed by atoms with Crippen molar-refractivity contribution in [3.8, 4) is 5.75 Å². The number of hydrogen-bond donors (Lipinski definition) is 2. The van der Waals surface area contributed by atoms with Crippen LogP contribution in [0.1, 0.15) is 37.1 Å². The first-order valence-electron chi connectivity index (χ1n) is 9.21. The van der Waals surface area contributed by atoms with Crippen molar-refractivity contribution in [3.05, 3.63) is 35.7 Å². The van der Waals surface area contributed by atoms with Gasteiger partial charge in [0.05, 0.1) is 7.11 Å². The molecular formula is C19H27N5O2. The number of aromatic nitrogens is 3. The maximum Gasteiger partial charge on any atom is 0.239 e. The van der Waals surface area contributed by atoms with Crippen LogP contribution in [0.2, 0.25) is 0 Å². The number of methoxy groups -OCH3 is 1. The second-order valence-electron chi connectivity index (χ2n) is 6.88. The van der Waals surface area contributed by atoms with Crippen LogP contribution in [-0.4, -0.2) is 46.2 Å². The summed E-state index contributed by atoms with van der Waals surface area (Å²) < 4.78 is 5.29. The van der Waals surface area contributed by atoms with Gasteiger partial charge >= 0.3 is 0 Å². The van der Waals surface area contributed by atoms with Gasteiger partial charge in [-0.2, -0.15) is 4.98 Å². The molecule has 1 aromatic heterocycles. The van der Waals surface area contributed by atoms with Crippen LogP contribution in [0.5, 0.6) is 5.75 Å². The number of benzene rings is 1. The molecule has 7 nitrogen and oxygen atoms in total. The van der Waals surface area contributed by atoms with E-state index in [4.69, 9.17) is 10.5 Å². The lowest BCUT2D eigenvalue weighted by Crippen LogP contribution is -2.40. The van der Waals surface area contributed by atoms with Crippen LogP contribution in [-0.2, 0) is 17.6 Å². The fourth-order valence-corrected chi connectivity index (χ4v) is 3.53. The molecular weight excluding hydrogens is 330 g/mol. The molecule has 0 unspecified atom stereocenters. The highest BCUT2D eigenvalue weighted by molar-refractivity contribution is 5.76. The topological polar surface area (TPSA) is 97.1 Å². The number of H-pyrrole nitrogens is 1. The average molecular weight is 357 g/mol. The Morgan fingerprint density at radius 3 is 3.08 bits per heavy atom. The number of nitrogens with zero attached hydrogens (tertiary/aromatic N) is 3. The van der Waals surface area contributed by atoms with Crippen LogP contribution in [0.3, 0.4) is 0 Å². The minimum absolute atomic E-state index is 0.186. The van der Waals surface area contributed by atoms with Gasteiger partial charge in [0.1, 0.15) is 11.6 Å². The normalized spacial score (nSPS) is 17.3. The number of amides is 1. The highest BCUT2D eigenvalue weighted by Gasteiger charge is 2.23. The standard InChI is InChI=1S/C19H27N5O2/c1-26-16-6-2-4-14(12-16)7-8-15-5-3-11-24(13-15)18(25)10-9-17-21-19(20)23-22-17/h2,4,6,12,15H,3,5,7-11,13H2,1H3,(H3,20,21,22,23)/t15-/m0/s1. The molecule has 1 fully saturated rings. The molecule has 7 heteroatoms. The van der Waals surface area contributed by atoms with E-state index < -0.39 is 0 Å². The summed E-state index contributed by atoms with van der Waals surface area (Å²) in [5.74, 6) is 2.53. The Bertz CT molecular complexity index is 730. The molecule has 3 rings (SSSR count). The van der Waals surface area contributed by atoms with Gasteiger partial charge < -0.3 is 15.4 Å². The number of nitrogens with one attached hydrogen (secondary N) is 1. The van der Waals surface area contributed by atoms with Crippen molar-refractivity contribution in [3.63, 3.8) is 0 Å². The zero-order chi connectivity index (χ0) is 18.4. The van der Waals surface area contributed by atoms with Crippen LogP contribution in [0, 0.1) is 5.92 Å². The number of aryl methyl sites for hydroxylation is 2. The van der Waals surface area contributed by atoms with Gasteiger partial charge in [-0.3, -0.25) is 9.89 Å². The summed E-state index contributed by atoms with van der Waals surface area (Å²) in [4.78, 5) is 18.5. The van der Waals surface area contributed by atoms with Gasteiger partial charge in [-0.15, -0.1) is 5.10 Å². The van der Waals surface area contributed by atoms with Crippen LogP contribution < -0.4 is 10.5 Å². The Morgan fingerprint density at radius 1 is 1.42 bits per heavy atom. The van der Waals surface area contributed by atoms with Gasteiger partial charge in [0.15, 0.2) is 0 Å². The number of anilines is 1. The summed E-state index contributed by atoms with van der Waals surface area (Å²) in [7, 11) is 1.69. The molecule has 1 amide bonds. The van der Waals surface area contributed by atoms with Crippen molar-refractivity contribution >= 4 is 11.9 Å². The largest absolute Gasteiger partial charge is 0.497 e. The van der Waals surface area contributed by atoms with Crippen molar-refractivity contribution in [1.82, 2.24) is 20.1 Å². The summed E-state index contributed by atoms with van der Waals surface area (Å²) >= 11 is 0. The third kappa shape index (κ3) is 4.97. The number of rotatable bonds is 7. The molecule has 0 aliphatic carbocycles. The molecule has 3 N–H and O–H groups in total. The van der Waals surface area contributed by atoms with Crippen LogP contribution >= 0.6 is 0 Å². The van der Waals surface area contributed by atoms with Gasteiger partial charge in [0, 0.05) is 25.9 Å². The lowest BCUT2D eigenvalue weighted by Gasteiger charge is -2.33. The van der Waals surface area contributed by atoms with E-state index in [1.54, 1.807) is 7.11 Å². The van der Waals surface area contributed by atoms with E-state index in [0.29, 0.717) is 24.6 Å². The summed E-state index contributed by atoms with van der Waals surface area (Å²) in [5, 5.41) is 6.55. The lowest BCUT2D eigenvalue weighted by atomic mass is 9.91. The number of aromatic amines is 1. The number of nitrogen functional groups attached to an aromatic ring is 1. The number of piperidine rings is 1. The van der Waals surface area contributed by atoms with E-state index in [9.17, 15) is 4.79 Å². The number of carbonyl (C=O) groups is 1. The minimum atomic E-state index is 0.186. The Kier molecular flexibility index (Phi) is 6.09. The molecule has 1 aromatic carbocycles. The Labute approximate surface area is 153 Å². The van der Waals surface area contributed by atoms with E-state index >= 15 is 0 Å². The molecule has 26 heavy (non-hydrogen) atoms. The van der Waals surface area contributed by atoms with Crippen molar-refractivity contribution < 1.29 is 9.53 Å². The molecule has 0 saturated carbocycles. The van der Waals surface area contributed by atoms with E-state index in [1.165, 1.54) is 12.0 Å². The average Bonchev–Trinajstić information content (AvgIpc) is 3.10. The highest BCUT2D eigenvalue weighted by Crippen LogP contribution is 2.23. The molecule has 2 aromatic rings. The minimum Gasteiger partial charge on any atom is -0.497 e. The van der Waals surface area contributed by atoms with Crippen molar-refractivity contribution in [1.29, 1.82) is 0 Å². The second-order valence-corrected chi connectivity index (χ2v) is 6.88. The third-order valence-electron chi connectivity index (χ3n) is 4.97. The Balaban J connectivity index is 1.46. The molecule has 1 saturated heterocycles. The monoisotopic (exact) mass is 357 g/mol. The predicted molar refractivity (Wildman–Crippen MR) is 99.7 cm³/mol.